The highest BCUT2D eigenvalue weighted by Crippen LogP contribution is 2.43. The molecule has 1 aromatic heterocycles. The lowest BCUT2D eigenvalue weighted by molar-refractivity contribution is -0.121. The summed E-state index contributed by atoms with van der Waals surface area (Å²) in [4.78, 5) is 28.4. The standard InChI is InChI=1S/C28H40FN3O4.C28H38FN3O4/c2*1-18(33)32-23(12-19-5-7-21(29)8-6-19)25(34)16-30-24-14-28(9-10-35-17-28)36-26-22(24)11-20(15-31-26)13-27(2,3)4/h5-8,11,23-25,30-31,34H,9-10,12-17H2,1-4H3,(H,32,33);5-8,11,15,23-25,30,34H,9-10,12-14,16-17H2,1-4H3,(H,32,33)/t23-,24-,25+,28-;23-,24-,25+,28+/m00/s1. The highest BCUT2D eigenvalue weighted by molar-refractivity contribution is 5.73. The number of nitrogens with zero attached hydrogens (tertiary/aromatic N) is 1. The summed E-state index contributed by atoms with van der Waals surface area (Å²) in [6.45, 7) is 19.8. The Labute approximate surface area is 424 Å². The van der Waals surface area contributed by atoms with E-state index in [1.54, 1.807) is 24.3 Å². The van der Waals surface area contributed by atoms with Crippen molar-refractivity contribution in [2.45, 2.75) is 154 Å². The Bertz CT molecular complexity index is 2370. The van der Waals surface area contributed by atoms with E-state index < -0.39 is 29.9 Å². The molecule has 2 spiro atoms. The lowest BCUT2D eigenvalue weighted by atomic mass is 9.82. The zero-order valence-corrected chi connectivity index (χ0v) is 43.5. The smallest absolute Gasteiger partial charge is 0.218 e. The Hall–Kier alpha value is -4.97. The first-order valence-electron chi connectivity index (χ1n) is 25.6. The van der Waals surface area contributed by atoms with Gasteiger partial charge in [0.25, 0.3) is 0 Å². The maximum absolute atomic E-state index is 13.3. The molecule has 0 aliphatic carbocycles. The summed E-state index contributed by atoms with van der Waals surface area (Å²) in [6, 6.07) is 13.3. The van der Waals surface area contributed by atoms with Crippen molar-refractivity contribution in [3.05, 3.63) is 118 Å². The van der Waals surface area contributed by atoms with Crippen LogP contribution in [0.4, 0.5) is 8.78 Å². The topological polar surface area (TPSA) is 185 Å². The van der Waals surface area contributed by atoms with Crippen LogP contribution in [-0.2, 0) is 43.1 Å². The second-order valence-corrected chi connectivity index (χ2v) is 23.1. The van der Waals surface area contributed by atoms with E-state index in [0.29, 0.717) is 51.6 Å². The molecule has 5 aliphatic heterocycles. The number of ether oxygens (including phenoxy) is 4. The second kappa shape index (κ2) is 23.5. The lowest BCUT2D eigenvalue weighted by Crippen LogP contribution is -2.54. The van der Waals surface area contributed by atoms with Gasteiger partial charge in [0.2, 0.25) is 17.7 Å². The molecule has 5 aliphatic rings. The van der Waals surface area contributed by atoms with Crippen molar-refractivity contribution in [2.75, 3.05) is 46.1 Å². The third-order valence-corrected chi connectivity index (χ3v) is 13.8. The summed E-state index contributed by atoms with van der Waals surface area (Å²) >= 11 is 0. The van der Waals surface area contributed by atoms with Gasteiger partial charge in [-0.25, -0.2) is 13.8 Å². The van der Waals surface area contributed by atoms with Gasteiger partial charge >= 0.3 is 0 Å². The van der Waals surface area contributed by atoms with Gasteiger partial charge in [0.1, 0.15) is 22.8 Å². The number of nitrogens with one attached hydrogen (secondary N) is 5. The molecule has 7 N–H and O–H groups in total. The van der Waals surface area contributed by atoms with E-state index in [-0.39, 0.29) is 65.1 Å². The van der Waals surface area contributed by atoms with Crippen LogP contribution in [0.5, 0.6) is 5.88 Å². The number of halogens is 2. The lowest BCUT2D eigenvalue weighted by Gasteiger charge is -2.42. The molecule has 3 aromatic rings. The fourth-order valence-corrected chi connectivity index (χ4v) is 10.5. The number of hydrogen-bond acceptors (Lipinski definition) is 12. The van der Waals surface area contributed by atoms with E-state index in [4.69, 9.17) is 18.9 Å². The van der Waals surface area contributed by atoms with Crippen LogP contribution in [0.1, 0.15) is 116 Å². The number of aromatic nitrogens is 1. The van der Waals surface area contributed by atoms with Gasteiger partial charge in [0.15, 0.2) is 5.88 Å². The number of fused-ring (bicyclic) bond motifs is 1. The van der Waals surface area contributed by atoms with Gasteiger partial charge in [-0.1, -0.05) is 77.5 Å². The fraction of sp³-hybridized carbons (Fsp3) is 0.589. The number of hydrogen-bond donors (Lipinski definition) is 7. The molecule has 14 nitrogen and oxygen atoms in total. The maximum Gasteiger partial charge on any atom is 0.218 e. The van der Waals surface area contributed by atoms with E-state index >= 15 is 0 Å². The zero-order chi connectivity index (χ0) is 51.8. The van der Waals surface area contributed by atoms with Gasteiger partial charge in [-0.3, -0.25) is 9.59 Å². The van der Waals surface area contributed by atoms with Crippen LogP contribution in [0.15, 0.2) is 83.9 Å². The minimum absolute atomic E-state index is 0.0309. The molecular weight excluding hydrogens is 923 g/mol. The van der Waals surface area contributed by atoms with Crippen molar-refractivity contribution in [3.8, 4) is 5.88 Å². The van der Waals surface area contributed by atoms with Gasteiger partial charge in [-0.05, 0) is 83.5 Å². The fourth-order valence-electron chi connectivity index (χ4n) is 10.5. The molecule has 2 amide bonds. The number of rotatable bonds is 16. The Morgan fingerprint density at radius 2 is 1.24 bits per heavy atom. The summed E-state index contributed by atoms with van der Waals surface area (Å²) in [6.07, 6.45) is 8.15. The van der Waals surface area contributed by atoms with E-state index in [0.717, 1.165) is 72.4 Å². The molecule has 2 saturated heterocycles. The maximum atomic E-state index is 13.3. The van der Waals surface area contributed by atoms with Crippen molar-refractivity contribution in [1.82, 2.24) is 31.6 Å². The summed E-state index contributed by atoms with van der Waals surface area (Å²) < 4.78 is 50.8. The van der Waals surface area contributed by atoms with Gasteiger partial charge in [0, 0.05) is 88.6 Å². The number of aliphatic hydroxyl groups excluding tert-OH is 2. The highest BCUT2D eigenvalue weighted by atomic mass is 19.1. The average molecular weight is 1000 g/mol. The Morgan fingerprint density at radius 1 is 0.736 bits per heavy atom. The van der Waals surface area contributed by atoms with Crippen LogP contribution in [-0.4, -0.2) is 115 Å². The molecular formula is C56H78F2N6O8. The Kier molecular flexibility index (Phi) is 17.9. The number of carbonyl (C=O) groups excluding carboxylic acids is 2. The number of carbonyl (C=O) groups is 2. The predicted molar refractivity (Wildman–Crippen MR) is 272 cm³/mol. The Morgan fingerprint density at radius 3 is 1.72 bits per heavy atom. The molecule has 2 fully saturated rings. The van der Waals surface area contributed by atoms with Crippen LogP contribution in [0.3, 0.4) is 0 Å². The number of aliphatic hydroxyl groups is 2. The van der Waals surface area contributed by atoms with E-state index in [9.17, 15) is 28.6 Å². The predicted octanol–water partition coefficient (Wildman–Crippen LogP) is 6.44. The zero-order valence-electron chi connectivity index (χ0n) is 43.5. The molecule has 8 rings (SSSR count). The average Bonchev–Trinajstić information content (AvgIpc) is 3.96. The first-order chi connectivity index (χ1) is 34.0. The molecule has 0 radical (unpaired) electrons. The van der Waals surface area contributed by atoms with E-state index in [1.807, 2.05) is 6.20 Å². The van der Waals surface area contributed by atoms with Gasteiger partial charge in [0.05, 0.1) is 50.7 Å². The van der Waals surface area contributed by atoms with Crippen molar-refractivity contribution in [3.63, 3.8) is 0 Å². The third kappa shape index (κ3) is 15.5. The minimum atomic E-state index is -0.855. The quantitative estimate of drug-likeness (QED) is 0.0836. The number of pyridine rings is 1. The normalized spacial score (nSPS) is 24.3. The Balaban J connectivity index is 0.000000211. The van der Waals surface area contributed by atoms with E-state index in [2.05, 4.69) is 85.3 Å². The first kappa shape index (κ1) is 54.8. The molecule has 2 aromatic carbocycles. The second-order valence-electron chi connectivity index (χ2n) is 23.1. The van der Waals surface area contributed by atoms with Crippen LogP contribution < -0.4 is 31.3 Å². The number of benzene rings is 2. The summed E-state index contributed by atoms with van der Waals surface area (Å²) in [7, 11) is 0. The van der Waals surface area contributed by atoms with Crippen molar-refractivity contribution in [2.24, 2.45) is 10.8 Å². The third-order valence-electron chi connectivity index (χ3n) is 13.8. The molecule has 8 atom stereocenters. The first-order valence-corrected chi connectivity index (χ1v) is 25.6. The minimum Gasteiger partial charge on any atom is -0.470 e. The highest BCUT2D eigenvalue weighted by Gasteiger charge is 2.47. The van der Waals surface area contributed by atoms with E-state index in [1.165, 1.54) is 43.7 Å². The molecule has 72 heavy (non-hydrogen) atoms. The van der Waals surface area contributed by atoms with Crippen LogP contribution in [0, 0.1) is 22.5 Å². The summed E-state index contributed by atoms with van der Waals surface area (Å²) in [5.41, 5.74) is 5.68. The molecule has 0 bridgehead atoms. The SMILES string of the molecule is CC(=O)N[C@@H](Cc1ccc(F)cc1)[C@H](O)CN[C@H]1C[C@@]2(CCOC2)Oc2ncc(CC(C)(C)C)cc21.CC(=O)N[C@@H](Cc1ccc(F)cc1)[C@H](O)CN[C@H]1C[C@]2(CCOC2)OC2=C1C=C(CC(C)(C)C)CN2. The van der Waals surface area contributed by atoms with Crippen LogP contribution in [0.25, 0.3) is 0 Å². The van der Waals surface area contributed by atoms with Crippen LogP contribution >= 0.6 is 0 Å². The van der Waals surface area contributed by atoms with Crippen LogP contribution in [0.2, 0.25) is 0 Å². The monoisotopic (exact) mass is 1000 g/mol. The molecule has 16 heteroatoms. The number of dihydropyridines is 1. The van der Waals surface area contributed by atoms with Gasteiger partial charge < -0.3 is 55.7 Å². The number of amides is 2. The summed E-state index contributed by atoms with van der Waals surface area (Å²) in [5.74, 6) is 0.327. The molecule has 394 valence electrons. The molecule has 6 heterocycles. The van der Waals surface area contributed by atoms with Gasteiger partial charge in [-0.2, -0.15) is 0 Å². The van der Waals surface area contributed by atoms with Crippen molar-refractivity contribution < 1.29 is 47.5 Å². The molecule has 0 unspecified atom stereocenters. The largest absolute Gasteiger partial charge is 0.470 e. The van der Waals surface area contributed by atoms with Gasteiger partial charge in [-0.15, -0.1) is 0 Å². The molecule has 0 saturated carbocycles. The van der Waals surface area contributed by atoms with Crippen molar-refractivity contribution in [1.29, 1.82) is 0 Å². The van der Waals surface area contributed by atoms with Crippen molar-refractivity contribution >= 4 is 11.8 Å². The summed E-state index contributed by atoms with van der Waals surface area (Å²) in [5, 5.41) is 38.5.